The molecule has 0 bridgehead atoms. The molecule has 0 aliphatic carbocycles. The zero-order chi connectivity index (χ0) is 14.9. The minimum Gasteiger partial charge on any atom is -0.497 e. The highest BCUT2D eigenvalue weighted by molar-refractivity contribution is 7.09. The second-order valence-corrected chi connectivity index (χ2v) is 5.49. The second-order valence-electron chi connectivity index (χ2n) is 4.46. The summed E-state index contributed by atoms with van der Waals surface area (Å²) in [7, 11) is 1.62. The van der Waals surface area contributed by atoms with E-state index in [2.05, 4.69) is 5.32 Å². The second kappa shape index (κ2) is 8.32. The molecular weight excluding hydrogens is 286 g/mol. The van der Waals surface area contributed by atoms with Crippen molar-refractivity contribution in [2.75, 3.05) is 20.3 Å². The first kappa shape index (κ1) is 15.4. The third kappa shape index (κ3) is 5.47. The van der Waals surface area contributed by atoms with Crippen LogP contribution in [-0.2, 0) is 11.2 Å². The lowest BCUT2D eigenvalue weighted by molar-refractivity contribution is -0.121. The van der Waals surface area contributed by atoms with E-state index < -0.39 is 0 Å². The first-order valence-corrected chi connectivity index (χ1v) is 7.72. The highest BCUT2D eigenvalue weighted by Gasteiger charge is 2.03. The lowest BCUT2D eigenvalue weighted by Crippen LogP contribution is -2.28. The Morgan fingerprint density at radius 1 is 1.24 bits per heavy atom. The average Bonchev–Trinajstić information content (AvgIpc) is 3.03. The van der Waals surface area contributed by atoms with Gasteiger partial charge in [0.2, 0.25) is 5.91 Å². The fourth-order valence-corrected chi connectivity index (χ4v) is 2.54. The van der Waals surface area contributed by atoms with E-state index in [1.165, 1.54) is 4.88 Å². The minimum atomic E-state index is 0.0534. The Balaban J connectivity index is 1.61. The third-order valence-corrected chi connectivity index (χ3v) is 3.85. The molecule has 0 atom stereocenters. The van der Waals surface area contributed by atoms with Gasteiger partial charge in [0.05, 0.1) is 13.7 Å². The van der Waals surface area contributed by atoms with Gasteiger partial charge in [-0.25, -0.2) is 0 Å². The quantitative estimate of drug-likeness (QED) is 0.763. The van der Waals surface area contributed by atoms with Crippen LogP contribution in [0.25, 0.3) is 0 Å². The zero-order valence-corrected chi connectivity index (χ0v) is 12.8. The number of hydrogen-bond donors (Lipinski definition) is 1. The van der Waals surface area contributed by atoms with Crippen LogP contribution in [0.15, 0.2) is 41.8 Å². The van der Waals surface area contributed by atoms with Gasteiger partial charge in [-0.2, -0.15) is 0 Å². The predicted molar refractivity (Wildman–Crippen MR) is 84.1 cm³/mol. The summed E-state index contributed by atoms with van der Waals surface area (Å²) in [6.45, 7) is 0.943. The van der Waals surface area contributed by atoms with Crippen LogP contribution in [0.3, 0.4) is 0 Å². The van der Waals surface area contributed by atoms with Gasteiger partial charge < -0.3 is 14.8 Å². The maximum Gasteiger partial charge on any atom is 0.220 e. The molecule has 2 rings (SSSR count). The number of ether oxygens (including phenoxy) is 2. The van der Waals surface area contributed by atoms with Crippen LogP contribution in [0.4, 0.5) is 0 Å². The number of carbonyl (C=O) groups is 1. The first-order chi connectivity index (χ1) is 10.3. The Kier molecular flexibility index (Phi) is 6.09. The van der Waals surface area contributed by atoms with Gasteiger partial charge in [0, 0.05) is 17.4 Å². The van der Waals surface area contributed by atoms with E-state index in [0.29, 0.717) is 19.6 Å². The highest BCUT2D eigenvalue weighted by Crippen LogP contribution is 2.18. The molecule has 0 fully saturated rings. The maximum atomic E-state index is 11.7. The SMILES string of the molecule is COc1cccc(OCCNC(=O)CCc2cccs2)c1. The molecule has 1 heterocycles. The molecule has 112 valence electrons. The number of nitrogens with one attached hydrogen (secondary N) is 1. The third-order valence-electron chi connectivity index (χ3n) is 2.91. The van der Waals surface area contributed by atoms with E-state index in [1.807, 2.05) is 41.8 Å². The van der Waals surface area contributed by atoms with Crippen LogP contribution in [0.5, 0.6) is 11.5 Å². The number of hydrogen-bond acceptors (Lipinski definition) is 4. The van der Waals surface area contributed by atoms with E-state index in [4.69, 9.17) is 9.47 Å². The molecule has 1 N–H and O–H groups in total. The van der Waals surface area contributed by atoms with Gasteiger partial charge in [0.1, 0.15) is 18.1 Å². The van der Waals surface area contributed by atoms with Gasteiger partial charge >= 0.3 is 0 Å². The number of carbonyl (C=O) groups excluding carboxylic acids is 1. The van der Waals surface area contributed by atoms with Crippen molar-refractivity contribution in [3.05, 3.63) is 46.7 Å². The molecule has 0 radical (unpaired) electrons. The summed E-state index contributed by atoms with van der Waals surface area (Å²) in [4.78, 5) is 12.9. The van der Waals surface area contributed by atoms with E-state index in [9.17, 15) is 4.79 Å². The zero-order valence-electron chi connectivity index (χ0n) is 12.0. The average molecular weight is 305 g/mol. The largest absolute Gasteiger partial charge is 0.497 e. The molecule has 1 aromatic carbocycles. The molecule has 0 aliphatic rings. The molecule has 2 aromatic rings. The lowest BCUT2D eigenvalue weighted by atomic mass is 10.2. The molecule has 0 saturated carbocycles. The molecule has 0 unspecified atom stereocenters. The van der Waals surface area contributed by atoms with Crippen molar-refractivity contribution in [1.29, 1.82) is 0 Å². The number of rotatable bonds is 8. The molecule has 1 aromatic heterocycles. The van der Waals surface area contributed by atoms with Crippen molar-refractivity contribution in [2.24, 2.45) is 0 Å². The molecule has 0 aliphatic heterocycles. The number of amides is 1. The molecule has 0 spiro atoms. The summed E-state index contributed by atoms with van der Waals surface area (Å²) in [5, 5.41) is 4.88. The van der Waals surface area contributed by atoms with E-state index in [-0.39, 0.29) is 5.91 Å². The van der Waals surface area contributed by atoms with Crippen molar-refractivity contribution in [3.63, 3.8) is 0 Å². The van der Waals surface area contributed by atoms with Gasteiger partial charge in [-0.15, -0.1) is 11.3 Å². The summed E-state index contributed by atoms with van der Waals surface area (Å²) >= 11 is 1.68. The van der Waals surface area contributed by atoms with Gasteiger partial charge in [-0.3, -0.25) is 4.79 Å². The van der Waals surface area contributed by atoms with Gasteiger partial charge in [0.15, 0.2) is 0 Å². The predicted octanol–water partition coefficient (Wildman–Crippen LogP) is 2.88. The van der Waals surface area contributed by atoms with E-state index >= 15 is 0 Å². The van der Waals surface area contributed by atoms with Gasteiger partial charge in [-0.1, -0.05) is 12.1 Å². The molecule has 1 amide bonds. The van der Waals surface area contributed by atoms with E-state index in [0.717, 1.165) is 17.9 Å². The van der Waals surface area contributed by atoms with Crippen molar-refractivity contribution in [2.45, 2.75) is 12.8 Å². The Labute approximate surface area is 128 Å². The summed E-state index contributed by atoms with van der Waals surface area (Å²) in [6.07, 6.45) is 1.31. The minimum absolute atomic E-state index is 0.0534. The normalized spacial score (nSPS) is 10.1. The van der Waals surface area contributed by atoms with Crippen LogP contribution in [0.2, 0.25) is 0 Å². The number of aryl methyl sites for hydroxylation is 1. The molecule has 4 nitrogen and oxygen atoms in total. The Morgan fingerprint density at radius 2 is 2.10 bits per heavy atom. The molecular formula is C16H19NO3S. The number of thiophene rings is 1. The molecule has 21 heavy (non-hydrogen) atoms. The fraction of sp³-hybridized carbons (Fsp3) is 0.312. The van der Waals surface area contributed by atoms with Crippen LogP contribution in [0.1, 0.15) is 11.3 Å². The topological polar surface area (TPSA) is 47.6 Å². The number of benzene rings is 1. The Hall–Kier alpha value is -2.01. The van der Waals surface area contributed by atoms with Crippen molar-refractivity contribution < 1.29 is 14.3 Å². The number of methoxy groups -OCH3 is 1. The molecule has 0 saturated heterocycles. The van der Waals surface area contributed by atoms with Gasteiger partial charge in [0.25, 0.3) is 0 Å². The lowest BCUT2D eigenvalue weighted by Gasteiger charge is -2.08. The van der Waals surface area contributed by atoms with Crippen LogP contribution >= 0.6 is 11.3 Å². The van der Waals surface area contributed by atoms with Crippen LogP contribution < -0.4 is 14.8 Å². The Bertz CT molecular complexity index is 554. The standard InChI is InChI=1S/C16H19NO3S/c1-19-13-4-2-5-14(12-13)20-10-9-17-16(18)8-7-15-6-3-11-21-15/h2-6,11-12H,7-10H2,1H3,(H,17,18). The van der Waals surface area contributed by atoms with Gasteiger partial charge in [-0.05, 0) is 30.0 Å². The van der Waals surface area contributed by atoms with Crippen molar-refractivity contribution in [3.8, 4) is 11.5 Å². The maximum absolute atomic E-state index is 11.7. The van der Waals surface area contributed by atoms with Crippen molar-refractivity contribution in [1.82, 2.24) is 5.32 Å². The fourth-order valence-electron chi connectivity index (χ4n) is 1.83. The summed E-state index contributed by atoms with van der Waals surface area (Å²) in [6, 6.07) is 11.5. The van der Waals surface area contributed by atoms with E-state index in [1.54, 1.807) is 18.4 Å². The van der Waals surface area contributed by atoms with Crippen LogP contribution in [-0.4, -0.2) is 26.2 Å². The summed E-state index contributed by atoms with van der Waals surface area (Å²) in [5.41, 5.74) is 0. The van der Waals surface area contributed by atoms with Crippen molar-refractivity contribution >= 4 is 17.2 Å². The molecule has 5 heteroatoms. The summed E-state index contributed by atoms with van der Waals surface area (Å²) < 4.78 is 10.7. The Morgan fingerprint density at radius 3 is 2.86 bits per heavy atom. The van der Waals surface area contributed by atoms with Crippen LogP contribution in [0, 0.1) is 0 Å². The first-order valence-electron chi connectivity index (χ1n) is 6.84. The highest BCUT2D eigenvalue weighted by atomic mass is 32.1. The smallest absolute Gasteiger partial charge is 0.220 e. The monoisotopic (exact) mass is 305 g/mol. The summed E-state index contributed by atoms with van der Waals surface area (Å²) in [5.74, 6) is 1.55.